The quantitative estimate of drug-likeness (QED) is 0.780. The number of fused-ring (bicyclic) bond motifs is 1. The highest BCUT2D eigenvalue weighted by Gasteiger charge is 2.05. The molecular weight excluding hydrogens is 242 g/mol. The normalized spacial score (nSPS) is 11.0. The first-order valence-electron chi connectivity index (χ1n) is 6.03. The smallest absolute Gasteiger partial charge is 0.262 e. The van der Waals surface area contributed by atoms with E-state index in [-0.39, 0.29) is 12.2 Å². The second-order valence-electron chi connectivity index (χ2n) is 4.42. The summed E-state index contributed by atoms with van der Waals surface area (Å²) in [4.78, 5) is 12.2. The van der Waals surface area contributed by atoms with E-state index in [1.807, 2.05) is 24.3 Å². The van der Waals surface area contributed by atoms with Crippen molar-refractivity contribution in [2.45, 2.75) is 13.2 Å². The molecule has 0 unspecified atom stereocenters. The molecular formula is C15H13NO3. The van der Waals surface area contributed by atoms with Gasteiger partial charge in [0.2, 0.25) is 0 Å². The number of aliphatic hydroxyl groups excluding tert-OH is 1. The fourth-order valence-corrected chi connectivity index (χ4v) is 2.08. The molecule has 0 spiro atoms. The Bertz CT molecular complexity index is 753. The Kier molecular flexibility index (Phi) is 2.93. The van der Waals surface area contributed by atoms with E-state index in [4.69, 9.17) is 9.52 Å². The number of pyridine rings is 1. The molecule has 0 aliphatic carbocycles. The summed E-state index contributed by atoms with van der Waals surface area (Å²) in [5.74, 6) is 0. The molecule has 3 aromatic rings. The van der Waals surface area contributed by atoms with Gasteiger partial charge in [-0.3, -0.25) is 4.79 Å². The summed E-state index contributed by atoms with van der Waals surface area (Å²) in [6.45, 7) is 0.535. The van der Waals surface area contributed by atoms with Gasteiger partial charge >= 0.3 is 0 Å². The number of furan rings is 1. The Balaban J connectivity index is 1.95. The average molecular weight is 255 g/mol. The van der Waals surface area contributed by atoms with Crippen LogP contribution >= 0.6 is 0 Å². The van der Waals surface area contributed by atoms with Crippen LogP contribution in [0.3, 0.4) is 0 Å². The van der Waals surface area contributed by atoms with Gasteiger partial charge in [-0.1, -0.05) is 24.3 Å². The summed E-state index contributed by atoms with van der Waals surface area (Å²) in [6.07, 6.45) is 3.25. The van der Waals surface area contributed by atoms with Crippen molar-refractivity contribution in [2.75, 3.05) is 0 Å². The van der Waals surface area contributed by atoms with Crippen LogP contribution in [0.2, 0.25) is 0 Å². The van der Waals surface area contributed by atoms with Gasteiger partial charge in [0, 0.05) is 6.20 Å². The maximum absolute atomic E-state index is 12.2. The summed E-state index contributed by atoms with van der Waals surface area (Å²) in [5.41, 5.74) is 2.43. The lowest BCUT2D eigenvalue weighted by Gasteiger charge is -2.06. The minimum Gasteiger partial charge on any atom is -0.464 e. The van der Waals surface area contributed by atoms with Gasteiger partial charge in [0.15, 0.2) is 0 Å². The van der Waals surface area contributed by atoms with Gasteiger partial charge in [0.1, 0.15) is 5.58 Å². The van der Waals surface area contributed by atoms with Crippen LogP contribution < -0.4 is 5.56 Å². The van der Waals surface area contributed by atoms with E-state index < -0.39 is 0 Å². The van der Waals surface area contributed by atoms with Crippen LogP contribution in [0.15, 0.2) is 58.1 Å². The van der Waals surface area contributed by atoms with Crippen molar-refractivity contribution in [1.82, 2.24) is 4.57 Å². The second kappa shape index (κ2) is 4.74. The molecule has 1 N–H and O–H groups in total. The van der Waals surface area contributed by atoms with Gasteiger partial charge in [0.05, 0.1) is 24.8 Å². The van der Waals surface area contributed by atoms with Crippen LogP contribution in [0, 0.1) is 0 Å². The van der Waals surface area contributed by atoms with Crippen molar-refractivity contribution in [3.63, 3.8) is 0 Å². The molecule has 0 saturated carbocycles. The van der Waals surface area contributed by atoms with E-state index in [9.17, 15) is 4.79 Å². The van der Waals surface area contributed by atoms with Crippen molar-refractivity contribution in [3.05, 3.63) is 70.3 Å². The van der Waals surface area contributed by atoms with E-state index in [1.54, 1.807) is 22.9 Å². The van der Waals surface area contributed by atoms with Crippen LogP contribution in [0.5, 0.6) is 0 Å². The Morgan fingerprint density at radius 2 is 1.79 bits per heavy atom. The number of aromatic nitrogens is 1. The molecule has 19 heavy (non-hydrogen) atoms. The summed E-state index contributed by atoms with van der Waals surface area (Å²) in [5, 5.41) is 9.58. The molecule has 0 radical (unpaired) electrons. The van der Waals surface area contributed by atoms with Crippen molar-refractivity contribution < 1.29 is 9.52 Å². The van der Waals surface area contributed by atoms with Crippen LogP contribution in [0.25, 0.3) is 11.0 Å². The third kappa shape index (κ3) is 2.18. The van der Waals surface area contributed by atoms with Gasteiger partial charge in [-0.25, -0.2) is 0 Å². The summed E-state index contributed by atoms with van der Waals surface area (Å²) >= 11 is 0. The monoisotopic (exact) mass is 255 g/mol. The molecule has 3 rings (SSSR count). The van der Waals surface area contributed by atoms with Crippen molar-refractivity contribution in [3.8, 4) is 0 Å². The Morgan fingerprint density at radius 3 is 2.53 bits per heavy atom. The molecule has 2 aromatic heterocycles. The Labute approximate surface area is 109 Å². The highest BCUT2D eigenvalue weighted by atomic mass is 16.3. The third-order valence-corrected chi connectivity index (χ3v) is 3.15. The summed E-state index contributed by atoms with van der Waals surface area (Å²) in [7, 11) is 0. The van der Waals surface area contributed by atoms with E-state index in [0.29, 0.717) is 17.5 Å². The van der Waals surface area contributed by atoms with Crippen LogP contribution in [0.1, 0.15) is 11.1 Å². The fraction of sp³-hybridized carbons (Fsp3) is 0.133. The Morgan fingerprint density at radius 1 is 1.05 bits per heavy atom. The predicted molar refractivity (Wildman–Crippen MR) is 71.9 cm³/mol. The minimum atomic E-state index is -0.0579. The summed E-state index contributed by atoms with van der Waals surface area (Å²) in [6, 6.07) is 11.0. The fourth-order valence-electron chi connectivity index (χ4n) is 2.08. The van der Waals surface area contributed by atoms with Crippen molar-refractivity contribution in [2.24, 2.45) is 0 Å². The number of nitrogens with zero attached hydrogens (tertiary/aromatic N) is 1. The average Bonchev–Trinajstić information content (AvgIpc) is 2.92. The lowest BCUT2D eigenvalue weighted by Crippen LogP contribution is -2.19. The third-order valence-electron chi connectivity index (χ3n) is 3.15. The lowest BCUT2D eigenvalue weighted by atomic mass is 10.1. The number of aliphatic hydroxyl groups is 1. The first kappa shape index (κ1) is 11.7. The van der Waals surface area contributed by atoms with Crippen molar-refractivity contribution in [1.29, 1.82) is 0 Å². The molecule has 0 aliphatic rings. The molecule has 0 fully saturated rings. The van der Waals surface area contributed by atoms with E-state index in [2.05, 4.69) is 0 Å². The van der Waals surface area contributed by atoms with E-state index >= 15 is 0 Å². The number of hydrogen-bond acceptors (Lipinski definition) is 3. The maximum atomic E-state index is 12.2. The maximum Gasteiger partial charge on any atom is 0.262 e. The van der Waals surface area contributed by atoms with Gasteiger partial charge in [-0.2, -0.15) is 0 Å². The second-order valence-corrected chi connectivity index (χ2v) is 4.42. The molecule has 0 saturated heterocycles. The van der Waals surface area contributed by atoms with Crippen LogP contribution in [0.4, 0.5) is 0 Å². The Hall–Kier alpha value is -2.33. The zero-order valence-electron chi connectivity index (χ0n) is 10.2. The predicted octanol–water partition coefficient (Wildman–Crippen LogP) is 2.14. The van der Waals surface area contributed by atoms with Gasteiger partial charge in [0.25, 0.3) is 5.56 Å². The SMILES string of the molecule is O=c1c2ccoc2ccn1Cc1ccc(CO)cc1. The number of rotatable bonds is 3. The molecule has 0 bridgehead atoms. The standard InChI is InChI=1S/C15H13NO3/c17-10-12-3-1-11(2-4-12)9-16-7-5-14-13(15(16)18)6-8-19-14/h1-8,17H,9-10H2. The largest absolute Gasteiger partial charge is 0.464 e. The van der Waals surface area contributed by atoms with E-state index in [1.165, 1.54) is 6.26 Å². The first-order chi connectivity index (χ1) is 9.28. The minimum absolute atomic E-state index is 0.0290. The highest BCUT2D eigenvalue weighted by Crippen LogP contribution is 2.11. The van der Waals surface area contributed by atoms with Crippen LogP contribution in [-0.4, -0.2) is 9.67 Å². The molecule has 96 valence electrons. The van der Waals surface area contributed by atoms with Gasteiger partial charge < -0.3 is 14.1 Å². The molecule has 0 atom stereocenters. The van der Waals surface area contributed by atoms with E-state index in [0.717, 1.165) is 11.1 Å². The molecule has 4 nitrogen and oxygen atoms in total. The molecule has 0 aliphatic heterocycles. The molecule has 0 amide bonds. The molecule has 4 heteroatoms. The number of hydrogen-bond donors (Lipinski definition) is 1. The highest BCUT2D eigenvalue weighted by molar-refractivity contribution is 5.75. The van der Waals surface area contributed by atoms with Crippen molar-refractivity contribution >= 4 is 11.0 Å². The zero-order valence-corrected chi connectivity index (χ0v) is 10.2. The van der Waals surface area contributed by atoms with Crippen LogP contribution in [-0.2, 0) is 13.2 Å². The zero-order chi connectivity index (χ0) is 13.2. The first-order valence-corrected chi connectivity index (χ1v) is 6.03. The molecule has 2 heterocycles. The molecule has 1 aromatic carbocycles. The van der Waals surface area contributed by atoms with Gasteiger partial charge in [-0.05, 0) is 23.3 Å². The lowest BCUT2D eigenvalue weighted by molar-refractivity contribution is 0.282. The topological polar surface area (TPSA) is 55.4 Å². The van der Waals surface area contributed by atoms with Gasteiger partial charge in [-0.15, -0.1) is 0 Å². The number of benzene rings is 1. The summed E-state index contributed by atoms with van der Waals surface area (Å²) < 4.78 is 6.84.